The molecule has 1 aliphatic carbocycles. The van der Waals surface area contributed by atoms with Gasteiger partial charge >= 0.3 is 12.1 Å². The number of hydrogen-bond acceptors (Lipinski definition) is 5. The number of alkyl halides is 3. The summed E-state index contributed by atoms with van der Waals surface area (Å²) in [7, 11) is -2.48. The summed E-state index contributed by atoms with van der Waals surface area (Å²) in [4.78, 5) is 3.83. The van der Waals surface area contributed by atoms with Gasteiger partial charge in [-0.15, -0.1) is 0 Å². The summed E-state index contributed by atoms with van der Waals surface area (Å²) >= 11 is 0. The molecule has 1 saturated carbocycles. The lowest BCUT2D eigenvalue weighted by molar-refractivity contribution is -0.159. The Balaban J connectivity index is 1.88. The monoisotopic (exact) mass is 331 g/mol. The molecule has 1 heterocycles. The van der Waals surface area contributed by atoms with Gasteiger partial charge < -0.3 is 4.52 Å². The smallest absolute Gasteiger partial charge is 0.329 e. The van der Waals surface area contributed by atoms with Crippen LogP contribution >= 0.6 is 0 Å². The molecule has 118 valence electrons. The highest BCUT2D eigenvalue weighted by Gasteiger charge is 2.38. The first-order valence-electron chi connectivity index (χ1n) is 6.48. The van der Waals surface area contributed by atoms with Gasteiger partial charge in [-0.3, -0.25) is 0 Å². The predicted molar refractivity (Wildman–Crippen MR) is 72.5 cm³/mol. The first-order chi connectivity index (χ1) is 10.3. The van der Waals surface area contributed by atoms with Crippen molar-refractivity contribution in [2.45, 2.75) is 30.0 Å². The molecular formula is C13H12F3N3O2S. The van der Waals surface area contributed by atoms with E-state index in [-0.39, 0.29) is 11.9 Å². The third kappa shape index (κ3) is 3.13. The Kier molecular flexibility index (Phi) is 3.47. The maximum absolute atomic E-state index is 12.5. The molecule has 0 aliphatic heterocycles. The zero-order chi connectivity index (χ0) is 16.0. The molecule has 0 amide bonds. The Morgan fingerprint density at radius 3 is 2.41 bits per heavy atom. The van der Waals surface area contributed by atoms with Gasteiger partial charge in [-0.05, 0) is 37.1 Å². The molecule has 9 heteroatoms. The van der Waals surface area contributed by atoms with Crippen molar-refractivity contribution in [1.82, 2.24) is 10.1 Å². The van der Waals surface area contributed by atoms with E-state index in [1.165, 1.54) is 12.1 Å². The normalized spacial score (nSPS) is 18.0. The van der Waals surface area contributed by atoms with Crippen LogP contribution in [0.3, 0.4) is 0 Å². The topological polar surface area (TPSA) is 68.3 Å². The highest BCUT2D eigenvalue weighted by Crippen LogP contribution is 2.30. The Bertz CT molecular complexity index is 801. The van der Waals surface area contributed by atoms with Crippen molar-refractivity contribution in [3.8, 4) is 11.4 Å². The van der Waals surface area contributed by atoms with Crippen molar-refractivity contribution in [3.63, 3.8) is 0 Å². The van der Waals surface area contributed by atoms with Crippen molar-refractivity contribution in [3.05, 3.63) is 30.2 Å². The Labute approximate surface area is 124 Å². The average molecular weight is 331 g/mol. The van der Waals surface area contributed by atoms with Crippen LogP contribution in [0, 0.1) is 0 Å². The maximum atomic E-state index is 12.5. The van der Waals surface area contributed by atoms with E-state index < -0.39 is 21.8 Å². The van der Waals surface area contributed by atoms with Crippen LogP contribution in [0.4, 0.5) is 13.2 Å². The van der Waals surface area contributed by atoms with Crippen molar-refractivity contribution in [1.29, 1.82) is 0 Å². The number of aromatic nitrogens is 2. The molecule has 22 heavy (non-hydrogen) atoms. The second kappa shape index (κ2) is 5.08. The molecule has 1 unspecified atom stereocenters. The van der Waals surface area contributed by atoms with E-state index in [0.29, 0.717) is 10.5 Å². The first kappa shape index (κ1) is 15.0. The zero-order valence-electron chi connectivity index (χ0n) is 11.5. The van der Waals surface area contributed by atoms with E-state index >= 15 is 0 Å². The molecule has 0 bridgehead atoms. The summed E-state index contributed by atoms with van der Waals surface area (Å²) in [5, 5.41) is 3.30. The van der Waals surface area contributed by atoms with Gasteiger partial charge in [-0.1, -0.05) is 5.16 Å². The summed E-state index contributed by atoms with van der Waals surface area (Å²) in [6.45, 7) is 0. The summed E-state index contributed by atoms with van der Waals surface area (Å²) in [6, 6.07) is 6.29. The SMILES string of the molecule is CS(=O)(=NC1CC1)c1ccc(-c2noc(C(F)(F)F)n2)cc1. The van der Waals surface area contributed by atoms with Crippen LogP contribution in [0.5, 0.6) is 0 Å². The number of halogens is 3. The van der Waals surface area contributed by atoms with Gasteiger partial charge in [-0.2, -0.15) is 18.2 Å². The molecule has 1 aromatic heterocycles. The lowest BCUT2D eigenvalue weighted by Gasteiger charge is -2.04. The summed E-state index contributed by atoms with van der Waals surface area (Å²) in [6.07, 6.45) is -1.22. The van der Waals surface area contributed by atoms with Crippen LogP contribution in [0.25, 0.3) is 11.4 Å². The van der Waals surface area contributed by atoms with E-state index in [2.05, 4.69) is 19.0 Å². The van der Waals surface area contributed by atoms with Crippen molar-refractivity contribution in [2.75, 3.05) is 6.26 Å². The van der Waals surface area contributed by atoms with Gasteiger partial charge in [0.1, 0.15) is 0 Å². The first-order valence-corrected chi connectivity index (χ1v) is 8.41. The number of rotatable bonds is 3. The van der Waals surface area contributed by atoms with Gasteiger partial charge in [0, 0.05) is 16.7 Å². The maximum Gasteiger partial charge on any atom is 0.471 e. The van der Waals surface area contributed by atoms with E-state index in [1.54, 1.807) is 18.4 Å². The largest absolute Gasteiger partial charge is 0.471 e. The lowest BCUT2D eigenvalue weighted by atomic mass is 10.2. The van der Waals surface area contributed by atoms with Crippen LogP contribution in [0.15, 0.2) is 38.0 Å². The molecule has 1 fully saturated rings. The van der Waals surface area contributed by atoms with Gasteiger partial charge in [0.05, 0.1) is 15.8 Å². The highest BCUT2D eigenvalue weighted by molar-refractivity contribution is 7.93. The molecule has 0 radical (unpaired) electrons. The van der Waals surface area contributed by atoms with Crippen LogP contribution in [-0.2, 0) is 15.9 Å². The lowest BCUT2D eigenvalue weighted by Crippen LogP contribution is -2.04. The Hall–Kier alpha value is -1.90. The molecule has 1 aliphatic rings. The van der Waals surface area contributed by atoms with Gasteiger partial charge in [0.2, 0.25) is 5.82 Å². The van der Waals surface area contributed by atoms with Crippen molar-refractivity contribution in [2.24, 2.45) is 4.36 Å². The van der Waals surface area contributed by atoms with E-state index in [9.17, 15) is 17.4 Å². The summed E-state index contributed by atoms with van der Waals surface area (Å²) in [5.41, 5.74) is 0.352. The molecule has 0 saturated heterocycles. The molecule has 5 nitrogen and oxygen atoms in total. The van der Waals surface area contributed by atoms with Crippen LogP contribution in [0.2, 0.25) is 0 Å². The summed E-state index contributed by atoms with van der Waals surface area (Å²) < 4.78 is 58.1. The molecule has 1 aromatic carbocycles. The Morgan fingerprint density at radius 1 is 1.27 bits per heavy atom. The highest BCUT2D eigenvalue weighted by atomic mass is 32.2. The van der Waals surface area contributed by atoms with Crippen LogP contribution in [0.1, 0.15) is 18.7 Å². The van der Waals surface area contributed by atoms with E-state index in [4.69, 9.17) is 0 Å². The fraction of sp³-hybridized carbons (Fsp3) is 0.385. The van der Waals surface area contributed by atoms with Crippen LogP contribution in [-0.4, -0.2) is 26.6 Å². The van der Waals surface area contributed by atoms with E-state index in [1.807, 2.05) is 0 Å². The quantitative estimate of drug-likeness (QED) is 0.865. The van der Waals surface area contributed by atoms with Gasteiger partial charge in [-0.25, -0.2) is 8.57 Å². The summed E-state index contributed by atoms with van der Waals surface area (Å²) in [5.74, 6) is -1.56. The number of benzene rings is 1. The van der Waals surface area contributed by atoms with Crippen LogP contribution < -0.4 is 0 Å². The zero-order valence-corrected chi connectivity index (χ0v) is 12.3. The molecule has 3 rings (SSSR count). The minimum atomic E-state index is -4.67. The average Bonchev–Trinajstić information content (AvgIpc) is 3.08. The van der Waals surface area contributed by atoms with E-state index in [0.717, 1.165) is 12.8 Å². The van der Waals surface area contributed by atoms with Gasteiger partial charge in [0.25, 0.3) is 0 Å². The minimum Gasteiger partial charge on any atom is -0.329 e. The Morgan fingerprint density at radius 2 is 1.91 bits per heavy atom. The number of hydrogen-bond donors (Lipinski definition) is 0. The molecule has 1 atom stereocenters. The standard InChI is InChI=1S/C13H12F3N3O2S/c1-22(20,19-9-4-5-9)10-6-2-8(3-7-10)11-17-12(21-18-11)13(14,15)16/h2-3,6-7,9H,4-5H2,1H3. The number of nitrogens with zero attached hydrogens (tertiary/aromatic N) is 3. The molecule has 0 N–H and O–H groups in total. The molecule has 0 spiro atoms. The third-order valence-electron chi connectivity index (χ3n) is 3.12. The third-order valence-corrected chi connectivity index (χ3v) is 4.96. The fourth-order valence-electron chi connectivity index (χ4n) is 1.84. The predicted octanol–water partition coefficient (Wildman–Crippen LogP) is 3.37. The van der Waals surface area contributed by atoms with Crippen molar-refractivity contribution >= 4 is 9.73 Å². The second-order valence-electron chi connectivity index (χ2n) is 5.08. The molecular weight excluding hydrogens is 319 g/mol. The fourth-order valence-corrected chi connectivity index (χ4v) is 3.38. The second-order valence-corrected chi connectivity index (χ2v) is 7.37. The van der Waals surface area contributed by atoms with Gasteiger partial charge in [0.15, 0.2) is 0 Å². The minimum absolute atomic E-state index is 0.156. The van der Waals surface area contributed by atoms with Crippen molar-refractivity contribution < 1.29 is 21.9 Å². The molecule has 2 aromatic rings.